The molecule has 1 saturated carbocycles. The van der Waals surface area contributed by atoms with Crippen LogP contribution in [0.2, 0.25) is 0 Å². The van der Waals surface area contributed by atoms with Gasteiger partial charge in [0.1, 0.15) is 0 Å². The highest BCUT2D eigenvalue weighted by Crippen LogP contribution is 2.32. The van der Waals surface area contributed by atoms with E-state index < -0.39 is 0 Å². The average molecular weight is 272 g/mol. The molecule has 1 fully saturated rings. The maximum absolute atomic E-state index is 12.6. The molecule has 1 atom stereocenters. The van der Waals surface area contributed by atoms with E-state index in [2.05, 4.69) is 5.32 Å². The molecule has 1 unspecified atom stereocenters. The van der Waals surface area contributed by atoms with Gasteiger partial charge in [0, 0.05) is 19.0 Å². The maximum atomic E-state index is 12.6. The van der Waals surface area contributed by atoms with Gasteiger partial charge < -0.3 is 10.2 Å². The van der Waals surface area contributed by atoms with Crippen LogP contribution < -0.4 is 10.2 Å². The summed E-state index contributed by atoms with van der Waals surface area (Å²) in [5.41, 5.74) is 1.34. The zero-order chi connectivity index (χ0) is 14.1. The molecule has 3 rings (SSSR count). The number of anilines is 1. The van der Waals surface area contributed by atoms with E-state index in [1.165, 1.54) is 6.42 Å². The Kier molecular flexibility index (Phi) is 3.47. The molecule has 2 aliphatic rings. The first kappa shape index (κ1) is 13.2. The summed E-state index contributed by atoms with van der Waals surface area (Å²) in [6.07, 6.45) is 4.17. The summed E-state index contributed by atoms with van der Waals surface area (Å²) >= 11 is 0. The van der Waals surface area contributed by atoms with Gasteiger partial charge in [-0.1, -0.05) is 18.6 Å². The van der Waals surface area contributed by atoms with Crippen LogP contribution in [0.5, 0.6) is 0 Å². The largest absolute Gasteiger partial charge is 0.348 e. The van der Waals surface area contributed by atoms with Gasteiger partial charge in [0.15, 0.2) is 0 Å². The van der Waals surface area contributed by atoms with Gasteiger partial charge in [-0.25, -0.2) is 0 Å². The van der Waals surface area contributed by atoms with Crippen LogP contribution in [0.1, 0.15) is 43.0 Å². The lowest BCUT2D eigenvalue weighted by molar-refractivity contribution is -0.120. The van der Waals surface area contributed by atoms with Crippen molar-refractivity contribution >= 4 is 17.5 Å². The van der Waals surface area contributed by atoms with Crippen LogP contribution in [-0.2, 0) is 4.79 Å². The molecule has 1 aromatic carbocycles. The van der Waals surface area contributed by atoms with Crippen molar-refractivity contribution in [3.05, 3.63) is 29.8 Å². The van der Waals surface area contributed by atoms with Gasteiger partial charge >= 0.3 is 0 Å². The number of benzene rings is 1. The Morgan fingerprint density at radius 3 is 2.80 bits per heavy atom. The fourth-order valence-corrected chi connectivity index (χ4v) is 2.91. The van der Waals surface area contributed by atoms with Gasteiger partial charge in [0.25, 0.3) is 5.91 Å². The molecule has 1 heterocycles. The Bertz CT molecular complexity index is 537. The maximum Gasteiger partial charge on any atom is 0.253 e. The predicted molar refractivity (Wildman–Crippen MR) is 77.7 cm³/mol. The Morgan fingerprint density at radius 2 is 2.10 bits per heavy atom. The number of fused-ring (bicyclic) bond motifs is 1. The third kappa shape index (κ3) is 2.42. The smallest absolute Gasteiger partial charge is 0.253 e. The minimum Gasteiger partial charge on any atom is -0.348 e. The molecule has 0 radical (unpaired) electrons. The summed E-state index contributed by atoms with van der Waals surface area (Å²) in [6.45, 7) is 2.49. The van der Waals surface area contributed by atoms with E-state index in [0.717, 1.165) is 18.5 Å². The number of carbonyl (C=O) groups is 2. The fraction of sp³-hybridized carbons (Fsp3) is 0.500. The zero-order valence-electron chi connectivity index (χ0n) is 11.8. The number of nitrogens with one attached hydrogen (secondary N) is 1. The first-order valence-electron chi connectivity index (χ1n) is 7.35. The summed E-state index contributed by atoms with van der Waals surface area (Å²) in [5, 5.41) is 2.93. The highest BCUT2D eigenvalue weighted by molar-refractivity contribution is 6.06. The normalized spacial score (nSPS) is 22.6. The molecule has 0 aromatic heterocycles. The number of hydrogen-bond donors (Lipinski definition) is 1. The average Bonchev–Trinajstić information content (AvgIpc) is 2.51. The fourth-order valence-electron chi connectivity index (χ4n) is 2.91. The lowest BCUT2D eigenvalue weighted by atomic mass is 9.82. The molecular formula is C16H20N2O2. The van der Waals surface area contributed by atoms with Crippen molar-refractivity contribution in [2.24, 2.45) is 5.92 Å². The minimum absolute atomic E-state index is 0.0276. The molecule has 2 amide bonds. The van der Waals surface area contributed by atoms with Gasteiger partial charge in [-0.15, -0.1) is 0 Å². The summed E-state index contributed by atoms with van der Waals surface area (Å²) in [4.78, 5) is 26.5. The van der Waals surface area contributed by atoms with E-state index >= 15 is 0 Å². The Hall–Kier alpha value is -1.84. The van der Waals surface area contributed by atoms with Crippen molar-refractivity contribution in [3.63, 3.8) is 0 Å². The standard InChI is InChI=1S/C16H20N2O2/c1-11-10-18(15(19)9-12-5-4-6-12)14-8-3-2-7-13(14)16(20)17-11/h2-3,7-8,11-12H,4-6,9-10H2,1H3,(H,17,20). The molecule has 20 heavy (non-hydrogen) atoms. The van der Waals surface area contributed by atoms with E-state index in [9.17, 15) is 9.59 Å². The summed E-state index contributed by atoms with van der Waals surface area (Å²) in [6, 6.07) is 7.34. The molecule has 1 aromatic rings. The molecule has 1 aliphatic heterocycles. The molecule has 0 bridgehead atoms. The highest BCUT2D eigenvalue weighted by atomic mass is 16.2. The molecule has 4 nitrogen and oxygen atoms in total. The monoisotopic (exact) mass is 272 g/mol. The third-order valence-corrected chi connectivity index (χ3v) is 4.26. The van der Waals surface area contributed by atoms with Crippen molar-refractivity contribution in [1.29, 1.82) is 0 Å². The van der Waals surface area contributed by atoms with Crippen LogP contribution >= 0.6 is 0 Å². The zero-order valence-corrected chi connectivity index (χ0v) is 11.8. The second-order valence-electron chi connectivity index (χ2n) is 5.90. The lowest BCUT2D eigenvalue weighted by Gasteiger charge is -2.29. The number of rotatable bonds is 2. The van der Waals surface area contributed by atoms with E-state index in [1.54, 1.807) is 11.0 Å². The van der Waals surface area contributed by atoms with Crippen LogP contribution in [0, 0.1) is 5.92 Å². The van der Waals surface area contributed by atoms with Crippen LogP contribution in [0.15, 0.2) is 24.3 Å². The van der Waals surface area contributed by atoms with E-state index in [1.807, 2.05) is 25.1 Å². The number of hydrogen-bond acceptors (Lipinski definition) is 2. The van der Waals surface area contributed by atoms with Crippen LogP contribution in [0.25, 0.3) is 0 Å². The molecule has 0 saturated heterocycles. The second-order valence-corrected chi connectivity index (χ2v) is 5.90. The van der Waals surface area contributed by atoms with E-state index in [4.69, 9.17) is 0 Å². The van der Waals surface area contributed by atoms with Crippen molar-refractivity contribution in [2.45, 2.75) is 38.6 Å². The number of nitrogens with zero attached hydrogens (tertiary/aromatic N) is 1. The topological polar surface area (TPSA) is 49.4 Å². The summed E-state index contributed by atoms with van der Waals surface area (Å²) in [7, 11) is 0. The Morgan fingerprint density at radius 1 is 1.35 bits per heavy atom. The molecular weight excluding hydrogens is 252 g/mol. The molecule has 0 spiro atoms. The van der Waals surface area contributed by atoms with E-state index in [0.29, 0.717) is 24.4 Å². The molecule has 106 valence electrons. The molecule has 1 aliphatic carbocycles. The van der Waals surface area contributed by atoms with Crippen molar-refractivity contribution in [2.75, 3.05) is 11.4 Å². The van der Waals surface area contributed by atoms with Gasteiger partial charge in [0.2, 0.25) is 5.91 Å². The lowest BCUT2D eigenvalue weighted by Crippen LogP contribution is -2.41. The van der Waals surface area contributed by atoms with Crippen LogP contribution in [-0.4, -0.2) is 24.4 Å². The van der Waals surface area contributed by atoms with Gasteiger partial charge in [-0.3, -0.25) is 9.59 Å². The van der Waals surface area contributed by atoms with Crippen molar-refractivity contribution in [3.8, 4) is 0 Å². The first-order valence-corrected chi connectivity index (χ1v) is 7.35. The molecule has 1 N–H and O–H groups in total. The van der Waals surface area contributed by atoms with Crippen LogP contribution in [0.4, 0.5) is 5.69 Å². The van der Waals surface area contributed by atoms with Crippen molar-refractivity contribution in [1.82, 2.24) is 5.32 Å². The first-order chi connectivity index (χ1) is 9.65. The Labute approximate surface area is 119 Å². The minimum atomic E-state index is -0.0907. The van der Waals surface area contributed by atoms with Crippen LogP contribution in [0.3, 0.4) is 0 Å². The number of carbonyl (C=O) groups excluding carboxylic acids is 2. The van der Waals surface area contributed by atoms with E-state index in [-0.39, 0.29) is 17.9 Å². The number of amides is 2. The van der Waals surface area contributed by atoms with Gasteiger partial charge in [-0.05, 0) is 37.8 Å². The molecule has 4 heteroatoms. The SMILES string of the molecule is CC1CN(C(=O)CC2CCC2)c2ccccc2C(=O)N1. The summed E-state index contributed by atoms with van der Waals surface area (Å²) in [5.74, 6) is 0.592. The van der Waals surface area contributed by atoms with Crippen molar-refractivity contribution < 1.29 is 9.59 Å². The third-order valence-electron chi connectivity index (χ3n) is 4.26. The second kappa shape index (κ2) is 5.27. The highest BCUT2D eigenvalue weighted by Gasteiger charge is 2.30. The number of para-hydroxylation sites is 1. The van der Waals surface area contributed by atoms with Gasteiger partial charge in [0.05, 0.1) is 11.3 Å². The summed E-state index contributed by atoms with van der Waals surface area (Å²) < 4.78 is 0. The quantitative estimate of drug-likeness (QED) is 0.898. The van der Waals surface area contributed by atoms with Gasteiger partial charge in [-0.2, -0.15) is 0 Å². The predicted octanol–water partition coefficient (Wildman–Crippen LogP) is 2.34. The Balaban J connectivity index is 1.89.